The summed E-state index contributed by atoms with van der Waals surface area (Å²) in [5.74, 6) is -0.353. The molecule has 18 heavy (non-hydrogen) atoms. The zero-order chi connectivity index (χ0) is 13.3. The number of pyridine rings is 1. The maximum atomic E-state index is 12.5. The van der Waals surface area contributed by atoms with Crippen molar-refractivity contribution < 1.29 is 22.5 Å². The summed E-state index contributed by atoms with van der Waals surface area (Å²) in [5.41, 5.74) is -0.672. The first-order valence-corrected chi connectivity index (χ1v) is 4.89. The molecule has 0 radical (unpaired) electrons. The van der Waals surface area contributed by atoms with Crippen LogP contribution in [-0.4, -0.2) is 15.9 Å². The number of ketones is 1. The lowest BCUT2D eigenvalue weighted by molar-refractivity contribution is -0.141. The summed E-state index contributed by atoms with van der Waals surface area (Å²) < 4.78 is 42.1. The smallest absolute Gasteiger partial charge is 0.353 e. The van der Waals surface area contributed by atoms with Gasteiger partial charge in [0.15, 0.2) is 5.78 Å². The lowest BCUT2D eigenvalue weighted by atomic mass is 10.1. The van der Waals surface area contributed by atoms with E-state index < -0.39 is 11.9 Å². The van der Waals surface area contributed by atoms with Crippen molar-refractivity contribution in [3.8, 4) is 11.3 Å². The number of hydrogen-bond donors (Lipinski definition) is 0. The molecule has 0 atom stereocenters. The minimum atomic E-state index is -4.52. The number of nitrogens with zero attached hydrogens (tertiary/aromatic N) is 2. The summed E-state index contributed by atoms with van der Waals surface area (Å²) in [6.07, 6.45) is -3.50. The molecular weight excluding hydrogens is 249 g/mol. The van der Waals surface area contributed by atoms with Crippen molar-refractivity contribution in [2.45, 2.75) is 13.1 Å². The highest BCUT2D eigenvalue weighted by atomic mass is 19.4. The summed E-state index contributed by atoms with van der Waals surface area (Å²) in [6, 6.07) is 3.50. The topological polar surface area (TPSA) is 56.0 Å². The monoisotopic (exact) mass is 256 g/mol. The van der Waals surface area contributed by atoms with Crippen LogP contribution in [0.3, 0.4) is 0 Å². The van der Waals surface area contributed by atoms with Crippen LogP contribution in [-0.2, 0) is 6.18 Å². The molecular formula is C11H7F3N2O2. The Balaban J connectivity index is 2.41. The van der Waals surface area contributed by atoms with E-state index in [1.807, 2.05) is 0 Å². The fourth-order valence-corrected chi connectivity index (χ4v) is 1.32. The van der Waals surface area contributed by atoms with Gasteiger partial charge in [-0.15, -0.1) is 0 Å². The van der Waals surface area contributed by atoms with Crippen molar-refractivity contribution in [2.24, 2.45) is 0 Å². The summed E-state index contributed by atoms with van der Waals surface area (Å²) in [4.78, 5) is 14.2. The first kappa shape index (κ1) is 12.3. The van der Waals surface area contributed by atoms with Crippen LogP contribution in [0.5, 0.6) is 0 Å². The number of rotatable bonds is 2. The van der Waals surface area contributed by atoms with Crippen LogP contribution < -0.4 is 0 Å². The summed E-state index contributed by atoms with van der Waals surface area (Å²) in [6.45, 7) is 1.28. The van der Waals surface area contributed by atoms with Crippen LogP contribution in [0.2, 0.25) is 0 Å². The molecule has 0 saturated carbocycles. The summed E-state index contributed by atoms with van der Waals surface area (Å²) >= 11 is 0. The second kappa shape index (κ2) is 4.25. The first-order valence-electron chi connectivity index (χ1n) is 4.89. The van der Waals surface area contributed by atoms with E-state index in [0.717, 1.165) is 12.3 Å². The summed E-state index contributed by atoms with van der Waals surface area (Å²) in [5, 5.41) is 3.54. The van der Waals surface area contributed by atoms with Crippen LogP contribution >= 0.6 is 0 Å². The van der Waals surface area contributed by atoms with Crippen molar-refractivity contribution in [1.82, 2.24) is 10.1 Å². The van der Waals surface area contributed by atoms with E-state index in [-0.39, 0.29) is 22.8 Å². The van der Waals surface area contributed by atoms with E-state index in [9.17, 15) is 18.0 Å². The average Bonchev–Trinajstić information content (AvgIpc) is 2.77. The van der Waals surface area contributed by atoms with Crippen LogP contribution in [0, 0.1) is 0 Å². The molecule has 0 fully saturated rings. The SMILES string of the molecule is CC(=O)c1cc(-c2ccnc(C(F)(F)F)c2)no1. The number of Topliss-reactive ketones (excluding diaryl/α,β-unsaturated/α-hetero) is 1. The molecule has 0 unspecified atom stereocenters. The third-order valence-corrected chi connectivity index (χ3v) is 2.20. The number of halogens is 3. The van der Waals surface area contributed by atoms with E-state index in [1.165, 1.54) is 19.1 Å². The van der Waals surface area contributed by atoms with Gasteiger partial charge in [0, 0.05) is 24.8 Å². The van der Waals surface area contributed by atoms with Crippen molar-refractivity contribution in [3.05, 3.63) is 35.9 Å². The number of carbonyl (C=O) groups is 1. The van der Waals surface area contributed by atoms with Gasteiger partial charge in [-0.3, -0.25) is 9.78 Å². The number of aromatic nitrogens is 2. The molecule has 2 aromatic rings. The average molecular weight is 256 g/mol. The van der Waals surface area contributed by atoms with Crippen LogP contribution in [0.15, 0.2) is 28.9 Å². The van der Waals surface area contributed by atoms with Gasteiger partial charge in [0.25, 0.3) is 0 Å². The molecule has 0 aliphatic rings. The lowest BCUT2D eigenvalue weighted by Crippen LogP contribution is -2.07. The van der Waals surface area contributed by atoms with Crippen LogP contribution in [0.25, 0.3) is 11.3 Å². The standard InChI is InChI=1S/C11H7F3N2O2/c1-6(17)9-5-8(16-18-9)7-2-3-15-10(4-7)11(12,13)14/h2-5H,1H3. The van der Waals surface area contributed by atoms with Gasteiger partial charge in [0.05, 0.1) is 0 Å². The molecule has 0 saturated heterocycles. The number of carbonyl (C=O) groups excluding carboxylic acids is 1. The number of alkyl halides is 3. The largest absolute Gasteiger partial charge is 0.433 e. The Morgan fingerprint density at radius 1 is 1.33 bits per heavy atom. The highest BCUT2D eigenvalue weighted by molar-refractivity contribution is 5.92. The highest BCUT2D eigenvalue weighted by Crippen LogP contribution is 2.30. The zero-order valence-corrected chi connectivity index (χ0v) is 9.15. The molecule has 2 aromatic heterocycles. The van der Waals surface area contributed by atoms with Gasteiger partial charge in [-0.2, -0.15) is 13.2 Å². The minimum absolute atomic E-state index is 0.00429. The molecule has 0 amide bonds. The molecule has 2 heterocycles. The summed E-state index contributed by atoms with van der Waals surface area (Å²) in [7, 11) is 0. The van der Waals surface area contributed by atoms with Crippen molar-refractivity contribution in [3.63, 3.8) is 0 Å². The van der Waals surface area contributed by atoms with E-state index in [2.05, 4.69) is 10.1 Å². The molecule has 0 bridgehead atoms. The van der Waals surface area contributed by atoms with E-state index in [1.54, 1.807) is 0 Å². The van der Waals surface area contributed by atoms with Gasteiger partial charge in [-0.1, -0.05) is 5.16 Å². The van der Waals surface area contributed by atoms with Gasteiger partial charge >= 0.3 is 6.18 Å². The predicted octanol–water partition coefficient (Wildman–Crippen LogP) is 2.96. The van der Waals surface area contributed by atoms with E-state index in [4.69, 9.17) is 4.52 Å². The quantitative estimate of drug-likeness (QED) is 0.775. The lowest BCUT2D eigenvalue weighted by Gasteiger charge is -2.05. The number of hydrogen-bond acceptors (Lipinski definition) is 4. The molecule has 0 aliphatic carbocycles. The predicted molar refractivity (Wildman–Crippen MR) is 54.7 cm³/mol. The van der Waals surface area contributed by atoms with Crippen LogP contribution in [0.4, 0.5) is 13.2 Å². The second-order valence-electron chi connectivity index (χ2n) is 3.56. The Bertz CT molecular complexity index is 590. The maximum Gasteiger partial charge on any atom is 0.433 e. The Labute approximate surface area is 99.4 Å². The molecule has 94 valence electrons. The van der Waals surface area contributed by atoms with E-state index in [0.29, 0.717) is 0 Å². The van der Waals surface area contributed by atoms with Gasteiger partial charge in [0.1, 0.15) is 11.4 Å². The van der Waals surface area contributed by atoms with Gasteiger partial charge < -0.3 is 4.52 Å². The molecule has 7 heteroatoms. The van der Waals surface area contributed by atoms with Gasteiger partial charge in [-0.25, -0.2) is 0 Å². The minimum Gasteiger partial charge on any atom is -0.353 e. The van der Waals surface area contributed by atoms with Gasteiger partial charge in [0.2, 0.25) is 5.76 Å². The van der Waals surface area contributed by atoms with Crippen LogP contribution in [0.1, 0.15) is 23.2 Å². The fourth-order valence-electron chi connectivity index (χ4n) is 1.32. The molecule has 0 aliphatic heterocycles. The molecule has 0 aromatic carbocycles. The van der Waals surface area contributed by atoms with Crippen molar-refractivity contribution in [2.75, 3.05) is 0 Å². The molecule has 0 spiro atoms. The second-order valence-corrected chi connectivity index (χ2v) is 3.56. The Kier molecular flexibility index (Phi) is 2.90. The highest BCUT2D eigenvalue weighted by Gasteiger charge is 2.32. The molecule has 0 N–H and O–H groups in total. The van der Waals surface area contributed by atoms with Crippen molar-refractivity contribution >= 4 is 5.78 Å². The zero-order valence-electron chi connectivity index (χ0n) is 9.15. The van der Waals surface area contributed by atoms with Crippen molar-refractivity contribution in [1.29, 1.82) is 0 Å². The van der Waals surface area contributed by atoms with E-state index >= 15 is 0 Å². The molecule has 4 nitrogen and oxygen atoms in total. The van der Waals surface area contributed by atoms with Gasteiger partial charge in [-0.05, 0) is 12.1 Å². The maximum absolute atomic E-state index is 12.5. The third kappa shape index (κ3) is 2.39. The molecule has 2 rings (SSSR count). The third-order valence-electron chi connectivity index (χ3n) is 2.20. The first-order chi connectivity index (χ1) is 8.38. The Morgan fingerprint density at radius 3 is 2.61 bits per heavy atom. The Hall–Kier alpha value is -2.18. The normalized spacial score (nSPS) is 11.6. The fraction of sp³-hybridized carbons (Fsp3) is 0.182. The Morgan fingerprint density at radius 2 is 2.06 bits per heavy atom.